The van der Waals surface area contributed by atoms with Crippen LogP contribution in [-0.4, -0.2) is 19.9 Å². The molecule has 6 aromatic rings. The van der Waals surface area contributed by atoms with Crippen LogP contribution in [0.5, 0.6) is 0 Å². The molecule has 0 spiro atoms. The molecule has 7 rings (SSSR count). The van der Waals surface area contributed by atoms with Crippen molar-refractivity contribution in [2.24, 2.45) is 0 Å². The molecule has 1 aliphatic carbocycles. The summed E-state index contributed by atoms with van der Waals surface area (Å²) in [6, 6.07) is 29.4. The van der Waals surface area contributed by atoms with E-state index in [-0.39, 0.29) is 5.41 Å². The zero-order valence-electron chi connectivity index (χ0n) is 19.5. The Morgan fingerprint density at radius 1 is 0.543 bits per heavy atom. The molecule has 0 N–H and O–H groups in total. The minimum absolute atomic E-state index is 0.252. The van der Waals surface area contributed by atoms with E-state index in [2.05, 4.69) is 73.4 Å². The number of hydrogen-bond donors (Lipinski definition) is 0. The first-order valence-electron chi connectivity index (χ1n) is 11.8. The van der Waals surface area contributed by atoms with Crippen LogP contribution in [0.25, 0.3) is 55.7 Å². The van der Waals surface area contributed by atoms with Crippen molar-refractivity contribution in [1.82, 2.24) is 19.9 Å². The highest BCUT2D eigenvalue weighted by atomic mass is 15.0. The van der Waals surface area contributed by atoms with E-state index in [1.54, 1.807) is 0 Å². The van der Waals surface area contributed by atoms with Crippen LogP contribution in [0.15, 0.2) is 97.3 Å². The van der Waals surface area contributed by atoms with E-state index in [1.165, 1.54) is 21.5 Å². The molecule has 4 aromatic carbocycles. The van der Waals surface area contributed by atoms with Gasteiger partial charge in [-0.15, -0.1) is 0 Å². The van der Waals surface area contributed by atoms with Gasteiger partial charge in [0.2, 0.25) is 0 Å². The molecule has 166 valence electrons. The quantitative estimate of drug-likeness (QED) is 0.262. The Morgan fingerprint density at radius 2 is 1.11 bits per heavy atom. The second-order valence-electron chi connectivity index (χ2n) is 9.63. The molecule has 2 heterocycles. The lowest BCUT2D eigenvalue weighted by molar-refractivity contribution is 0.651. The lowest BCUT2D eigenvalue weighted by atomic mass is 9.84. The Hall–Kier alpha value is -4.44. The molecule has 0 atom stereocenters. The van der Waals surface area contributed by atoms with E-state index < -0.39 is 0 Å². The lowest BCUT2D eigenvalue weighted by Crippen LogP contribution is -2.16. The monoisotopic (exact) mass is 450 g/mol. The Balaban J connectivity index is 1.41. The van der Waals surface area contributed by atoms with Gasteiger partial charge in [-0.25, -0.2) is 19.9 Å². The molecule has 35 heavy (non-hydrogen) atoms. The van der Waals surface area contributed by atoms with Gasteiger partial charge in [0.25, 0.3) is 0 Å². The van der Waals surface area contributed by atoms with Crippen molar-refractivity contribution in [2.45, 2.75) is 19.3 Å². The average molecular weight is 451 g/mol. The Morgan fingerprint density at radius 3 is 1.83 bits per heavy atom. The van der Waals surface area contributed by atoms with E-state index in [4.69, 9.17) is 15.0 Å². The van der Waals surface area contributed by atoms with Crippen molar-refractivity contribution < 1.29 is 0 Å². The summed E-state index contributed by atoms with van der Waals surface area (Å²) in [5.41, 5.74) is 5.71. The van der Waals surface area contributed by atoms with Crippen molar-refractivity contribution in [1.29, 1.82) is 0 Å². The van der Waals surface area contributed by atoms with E-state index in [0.717, 1.165) is 33.6 Å². The maximum absolute atomic E-state index is 5.08. The highest BCUT2D eigenvalue weighted by Gasteiger charge is 2.39. The molecule has 0 saturated carbocycles. The molecular weight excluding hydrogens is 428 g/mol. The molecule has 0 saturated heterocycles. The zero-order chi connectivity index (χ0) is 23.6. The van der Waals surface area contributed by atoms with Crippen LogP contribution in [0.2, 0.25) is 0 Å². The topological polar surface area (TPSA) is 51.6 Å². The molecule has 0 bridgehead atoms. The van der Waals surface area contributed by atoms with Gasteiger partial charge in [-0.1, -0.05) is 92.7 Å². The molecular formula is C31H22N4. The summed E-state index contributed by atoms with van der Waals surface area (Å²) < 4.78 is 0. The fourth-order valence-corrected chi connectivity index (χ4v) is 5.19. The van der Waals surface area contributed by atoms with E-state index in [9.17, 15) is 0 Å². The highest BCUT2D eigenvalue weighted by molar-refractivity contribution is 6.08. The molecule has 0 unspecified atom stereocenters. The maximum Gasteiger partial charge on any atom is 0.159 e. The number of fused-ring (bicyclic) bond motifs is 6. The van der Waals surface area contributed by atoms with Crippen molar-refractivity contribution >= 4 is 21.5 Å². The minimum Gasteiger partial charge on any atom is -0.236 e. The summed E-state index contributed by atoms with van der Waals surface area (Å²) >= 11 is 0. The Kier molecular flexibility index (Phi) is 4.15. The van der Waals surface area contributed by atoms with Crippen molar-refractivity contribution in [3.63, 3.8) is 0 Å². The van der Waals surface area contributed by atoms with Crippen LogP contribution < -0.4 is 0 Å². The highest BCUT2D eigenvalue weighted by Crippen LogP contribution is 2.47. The summed E-state index contributed by atoms with van der Waals surface area (Å²) in [7, 11) is 0. The zero-order valence-corrected chi connectivity index (χ0v) is 19.5. The van der Waals surface area contributed by atoms with Gasteiger partial charge in [-0.2, -0.15) is 0 Å². The van der Waals surface area contributed by atoms with Gasteiger partial charge in [0.15, 0.2) is 11.6 Å². The predicted molar refractivity (Wildman–Crippen MR) is 141 cm³/mol. The van der Waals surface area contributed by atoms with Crippen LogP contribution in [0, 0.1) is 0 Å². The Bertz CT molecular complexity index is 1770. The largest absolute Gasteiger partial charge is 0.236 e. The second kappa shape index (κ2) is 7.28. The number of nitrogens with zero attached hydrogens (tertiary/aromatic N) is 4. The Labute approximate surface area is 203 Å². The molecule has 0 aliphatic heterocycles. The van der Waals surface area contributed by atoms with E-state index >= 15 is 0 Å². The normalized spacial score (nSPS) is 13.7. The summed E-state index contributed by atoms with van der Waals surface area (Å²) in [6.07, 6.45) is 3.92. The third kappa shape index (κ3) is 3.00. The van der Waals surface area contributed by atoms with Gasteiger partial charge in [-0.3, -0.25) is 0 Å². The fraction of sp³-hybridized carbons (Fsp3) is 0.0968. The average Bonchev–Trinajstić information content (AvgIpc) is 3.14. The number of rotatable bonds is 2. The van der Waals surface area contributed by atoms with E-state index in [1.807, 2.05) is 42.7 Å². The second-order valence-corrected chi connectivity index (χ2v) is 9.63. The van der Waals surface area contributed by atoms with Gasteiger partial charge in [0.1, 0.15) is 0 Å². The number of aromatic nitrogens is 4. The van der Waals surface area contributed by atoms with Gasteiger partial charge < -0.3 is 0 Å². The number of benzene rings is 4. The summed E-state index contributed by atoms with van der Waals surface area (Å²) in [5, 5.41) is 4.88. The summed E-state index contributed by atoms with van der Waals surface area (Å²) in [4.78, 5) is 19.6. The van der Waals surface area contributed by atoms with Crippen LogP contribution in [0.3, 0.4) is 0 Å². The lowest BCUT2D eigenvalue weighted by Gasteiger charge is -2.19. The van der Waals surface area contributed by atoms with Gasteiger partial charge in [0, 0.05) is 40.1 Å². The van der Waals surface area contributed by atoms with Crippen molar-refractivity contribution in [3.8, 4) is 34.2 Å². The molecule has 1 aliphatic rings. The van der Waals surface area contributed by atoms with Crippen LogP contribution in [-0.2, 0) is 5.41 Å². The first-order chi connectivity index (χ1) is 17.1. The molecule has 0 fully saturated rings. The van der Waals surface area contributed by atoms with Gasteiger partial charge in [-0.05, 0) is 27.6 Å². The summed E-state index contributed by atoms with van der Waals surface area (Å²) in [6.45, 7) is 4.38. The molecule has 0 radical (unpaired) electrons. The molecule has 4 nitrogen and oxygen atoms in total. The first-order valence-corrected chi connectivity index (χ1v) is 11.8. The third-order valence-corrected chi connectivity index (χ3v) is 7.19. The van der Waals surface area contributed by atoms with Crippen LogP contribution in [0.4, 0.5) is 0 Å². The van der Waals surface area contributed by atoms with Gasteiger partial charge in [0.05, 0.1) is 11.4 Å². The maximum atomic E-state index is 5.08. The van der Waals surface area contributed by atoms with Crippen molar-refractivity contribution in [3.05, 3.63) is 108 Å². The van der Waals surface area contributed by atoms with E-state index in [0.29, 0.717) is 11.6 Å². The SMILES string of the molecule is CC1(C)c2cnc(-c3ccccc3)nc2-c2nc(-c3ccc4ccc5ccccc5c4c3)ncc21. The number of hydrogen-bond acceptors (Lipinski definition) is 4. The van der Waals surface area contributed by atoms with Crippen molar-refractivity contribution in [2.75, 3.05) is 0 Å². The molecule has 0 amide bonds. The standard InChI is InChI=1S/C31H22N4/c1-31(2)25-17-32-29(21-9-4-3-5-10-21)34-27(25)28-26(31)18-33-30(35-28)22-15-14-20-13-12-19-8-6-7-11-23(19)24(20)16-22/h3-18H,1-2H3. The molecule has 4 heteroatoms. The third-order valence-electron chi connectivity index (χ3n) is 7.19. The summed E-state index contributed by atoms with van der Waals surface area (Å²) in [5.74, 6) is 1.42. The predicted octanol–water partition coefficient (Wildman–Crippen LogP) is 7.21. The van der Waals surface area contributed by atoms with Crippen LogP contribution >= 0.6 is 0 Å². The van der Waals surface area contributed by atoms with Gasteiger partial charge >= 0.3 is 0 Å². The smallest absolute Gasteiger partial charge is 0.159 e. The first kappa shape index (κ1) is 20.0. The molecule has 2 aromatic heterocycles. The van der Waals surface area contributed by atoms with Crippen LogP contribution in [0.1, 0.15) is 25.0 Å². The fourth-order valence-electron chi connectivity index (χ4n) is 5.19. The minimum atomic E-state index is -0.252.